The molecular weight excluding hydrogens is 382 g/mol. The third-order valence-electron chi connectivity index (χ3n) is 3.87. The predicted molar refractivity (Wildman–Crippen MR) is 107 cm³/mol. The Morgan fingerprint density at radius 2 is 1.82 bits per heavy atom. The maximum Gasteiger partial charge on any atom is 0.363 e. The normalized spacial score (nSPS) is 14.6. The summed E-state index contributed by atoms with van der Waals surface area (Å²) in [5.74, 6) is 1.38. The number of hydrogen-bond acceptors (Lipinski definition) is 6. The second-order valence-corrected chi connectivity index (χ2v) is 6.17. The number of aliphatic imine (C=N–C) groups is 1. The first-order valence-electron chi connectivity index (χ1n) is 8.81. The van der Waals surface area contributed by atoms with Gasteiger partial charge in [0.05, 0.1) is 25.3 Å². The van der Waals surface area contributed by atoms with Gasteiger partial charge in [-0.3, -0.25) is 0 Å². The van der Waals surface area contributed by atoms with E-state index in [-0.39, 0.29) is 11.6 Å². The third-order valence-corrected chi connectivity index (χ3v) is 4.15. The van der Waals surface area contributed by atoms with Crippen LogP contribution in [-0.2, 0) is 9.53 Å². The lowest BCUT2D eigenvalue weighted by atomic mass is 10.1. The molecule has 7 heteroatoms. The number of esters is 1. The minimum atomic E-state index is -0.534. The Morgan fingerprint density at radius 1 is 1.11 bits per heavy atom. The number of nitrogens with zero attached hydrogens (tertiary/aromatic N) is 1. The molecule has 1 aliphatic heterocycles. The second kappa shape index (κ2) is 8.80. The highest BCUT2D eigenvalue weighted by Crippen LogP contribution is 2.37. The lowest BCUT2D eigenvalue weighted by Gasteiger charge is -2.11. The summed E-state index contributed by atoms with van der Waals surface area (Å²) in [5, 5.41) is 0.377. The molecule has 28 heavy (non-hydrogen) atoms. The Labute approximate surface area is 168 Å². The number of hydrogen-bond donors (Lipinski definition) is 0. The number of ether oxygens (including phenoxy) is 4. The monoisotopic (exact) mass is 401 g/mol. The predicted octanol–water partition coefficient (Wildman–Crippen LogP) is 4.49. The van der Waals surface area contributed by atoms with Gasteiger partial charge >= 0.3 is 5.97 Å². The smallest absolute Gasteiger partial charge is 0.363 e. The number of cyclic esters (lactones) is 1. The van der Waals surface area contributed by atoms with Crippen LogP contribution in [0.3, 0.4) is 0 Å². The molecule has 0 unspecified atom stereocenters. The molecule has 0 bridgehead atoms. The molecule has 3 rings (SSSR count). The van der Waals surface area contributed by atoms with Gasteiger partial charge in [0.1, 0.15) is 5.75 Å². The van der Waals surface area contributed by atoms with Crippen LogP contribution in [0.5, 0.6) is 17.2 Å². The van der Waals surface area contributed by atoms with Gasteiger partial charge in [0.15, 0.2) is 17.2 Å². The number of benzene rings is 2. The van der Waals surface area contributed by atoms with Crippen molar-refractivity contribution >= 4 is 29.5 Å². The van der Waals surface area contributed by atoms with Crippen LogP contribution in [0.4, 0.5) is 0 Å². The fourth-order valence-corrected chi connectivity index (χ4v) is 2.98. The first-order chi connectivity index (χ1) is 13.5. The van der Waals surface area contributed by atoms with E-state index < -0.39 is 5.97 Å². The lowest BCUT2D eigenvalue weighted by molar-refractivity contribution is -0.129. The summed E-state index contributed by atoms with van der Waals surface area (Å²) >= 11 is 6.26. The molecule has 2 aromatic rings. The summed E-state index contributed by atoms with van der Waals surface area (Å²) in [6.45, 7) is 4.81. The van der Waals surface area contributed by atoms with Gasteiger partial charge in [-0.1, -0.05) is 11.6 Å². The van der Waals surface area contributed by atoms with Crippen LogP contribution in [0.25, 0.3) is 6.08 Å². The average molecular weight is 402 g/mol. The van der Waals surface area contributed by atoms with Crippen molar-refractivity contribution in [1.82, 2.24) is 0 Å². The standard InChI is InChI=1S/C21H20ClNO5/c1-4-26-15-8-6-14(7-9-15)20-23-17(21(24)28-20)11-13-10-16(22)19(25-3)18(12-13)27-5-2/h6-12H,4-5H2,1-3H3/b17-11+. The molecule has 0 saturated heterocycles. The third kappa shape index (κ3) is 4.28. The highest BCUT2D eigenvalue weighted by Gasteiger charge is 2.24. The molecule has 0 aliphatic carbocycles. The van der Waals surface area contributed by atoms with Crippen molar-refractivity contribution in [2.45, 2.75) is 13.8 Å². The summed E-state index contributed by atoms with van der Waals surface area (Å²) in [4.78, 5) is 16.5. The molecule has 2 aromatic carbocycles. The van der Waals surface area contributed by atoms with Gasteiger partial charge in [-0.25, -0.2) is 9.79 Å². The maximum absolute atomic E-state index is 12.2. The topological polar surface area (TPSA) is 66.3 Å². The van der Waals surface area contributed by atoms with Crippen molar-refractivity contribution in [3.05, 3.63) is 58.2 Å². The zero-order valence-electron chi connectivity index (χ0n) is 15.8. The van der Waals surface area contributed by atoms with Crippen molar-refractivity contribution in [2.75, 3.05) is 20.3 Å². The van der Waals surface area contributed by atoms with Gasteiger partial charge in [-0.2, -0.15) is 0 Å². The fraction of sp³-hybridized carbons (Fsp3) is 0.238. The molecule has 0 aromatic heterocycles. The minimum Gasteiger partial charge on any atom is -0.494 e. The van der Waals surface area contributed by atoms with Gasteiger partial charge in [0, 0.05) is 5.56 Å². The van der Waals surface area contributed by atoms with E-state index in [1.54, 1.807) is 42.5 Å². The molecule has 1 aliphatic rings. The summed E-state index contributed by atoms with van der Waals surface area (Å²) in [7, 11) is 1.52. The summed E-state index contributed by atoms with van der Waals surface area (Å²) in [6.07, 6.45) is 1.59. The molecule has 0 N–H and O–H groups in total. The molecule has 0 spiro atoms. The molecular formula is C21H20ClNO5. The van der Waals surface area contributed by atoms with E-state index in [1.807, 2.05) is 13.8 Å². The second-order valence-electron chi connectivity index (χ2n) is 5.76. The zero-order chi connectivity index (χ0) is 20.1. The van der Waals surface area contributed by atoms with E-state index >= 15 is 0 Å². The Morgan fingerprint density at radius 3 is 2.46 bits per heavy atom. The SMILES string of the molecule is CCOc1ccc(C2=N/C(=C/c3cc(Cl)c(OC)c(OCC)c3)C(=O)O2)cc1. The Bertz CT molecular complexity index is 935. The van der Waals surface area contributed by atoms with E-state index in [2.05, 4.69) is 4.99 Å². The molecule has 0 saturated carbocycles. The molecule has 0 atom stereocenters. The molecule has 0 fully saturated rings. The quantitative estimate of drug-likeness (QED) is 0.505. The van der Waals surface area contributed by atoms with Crippen LogP contribution < -0.4 is 14.2 Å². The Balaban J connectivity index is 1.90. The van der Waals surface area contributed by atoms with Crippen LogP contribution in [0.15, 0.2) is 47.1 Å². The zero-order valence-corrected chi connectivity index (χ0v) is 16.6. The van der Waals surface area contributed by atoms with Crippen LogP contribution in [0, 0.1) is 0 Å². The Hall–Kier alpha value is -2.99. The number of rotatable bonds is 7. The van der Waals surface area contributed by atoms with Crippen LogP contribution in [-0.4, -0.2) is 32.2 Å². The van der Waals surface area contributed by atoms with Crippen molar-refractivity contribution in [3.8, 4) is 17.2 Å². The summed E-state index contributed by atoms with van der Waals surface area (Å²) < 4.78 is 21.5. The van der Waals surface area contributed by atoms with Crippen molar-refractivity contribution in [1.29, 1.82) is 0 Å². The van der Waals surface area contributed by atoms with Crippen LogP contribution in [0.1, 0.15) is 25.0 Å². The lowest BCUT2D eigenvalue weighted by Crippen LogP contribution is -2.05. The fourth-order valence-electron chi connectivity index (χ4n) is 2.68. The van der Waals surface area contributed by atoms with Gasteiger partial charge in [-0.05, 0) is 61.9 Å². The molecule has 1 heterocycles. The van der Waals surface area contributed by atoms with E-state index in [4.69, 9.17) is 30.5 Å². The molecule has 146 valence electrons. The number of methoxy groups -OCH3 is 1. The Kier molecular flexibility index (Phi) is 6.21. The van der Waals surface area contributed by atoms with E-state index in [0.29, 0.717) is 40.9 Å². The molecule has 0 amide bonds. The summed E-state index contributed by atoms with van der Waals surface area (Å²) in [6, 6.07) is 10.6. The van der Waals surface area contributed by atoms with E-state index in [9.17, 15) is 4.79 Å². The number of carbonyl (C=O) groups excluding carboxylic acids is 1. The largest absolute Gasteiger partial charge is 0.494 e. The minimum absolute atomic E-state index is 0.174. The van der Waals surface area contributed by atoms with Crippen molar-refractivity contribution in [3.63, 3.8) is 0 Å². The van der Waals surface area contributed by atoms with Gasteiger partial charge in [0.2, 0.25) is 5.90 Å². The maximum atomic E-state index is 12.2. The van der Waals surface area contributed by atoms with Crippen LogP contribution in [0.2, 0.25) is 5.02 Å². The van der Waals surface area contributed by atoms with Gasteiger partial charge < -0.3 is 18.9 Å². The van der Waals surface area contributed by atoms with Gasteiger partial charge in [0.25, 0.3) is 0 Å². The number of carbonyl (C=O) groups is 1. The average Bonchev–Trinajstić information content (AvgIpc) is 3.03. The molecule has 6 nitrogen and oxygen atoms in total. The van der Waals surface area contributed by atoms with E-state index in [1.165, 1.54) is 7.11 Å². The first kappa shape index (κ1) is 19.8. The van der Waals surface area contributed by atoms with Gasteiger partial charge in [-0.15, -0.1) is 0 Å². The first-order valence-corrected chi connectivity index (χ1v) is 9.19. The summed E-state index contributed by atoms with van der Waals surface area (Å²) in [5.41, 5.74) is 1.51. The highest BCUT2D eigenvalue weighted by atomic mass is 35.5. The van der Waals surface area contributed by atoms with E-state index in [0.717, 1.165) is 5.75 Å². The van der Waals surface area contributed by atoms with Crippen LogP contribution >= 0.6 is 11.6 Å². The number of halogens is 1. The van der Waals surface area contributed by atoms with Crippen molar-refractivity contribution < 1.29 is 23.7 Å². The molecule has 0 radical (unpaired) electrons. The highest BCUT2D eigenvalue weighted by molar-refractivity contribution is 6.32. The van der Waals surface area contributed by atoms with Crippen molar-refractivity contribution in [2.24, 2.45) is 4.99 Å².